The van der Waals surface area contributed by atoms with Gasteiger partial charge in [0.15, 0.2) is 5.76 Å². The molecular formula is C16H14N4O4S2. The van der Waals surface area contributed by atoms with Crippen LogP contribution in [0.1, 0.15) is 27.2 Å². The molecule has 10 heteroatoms. The molecular weight excluding hydrogens is 376 g/mol. The van der Waals surface area contributed by atoms with E-state index in [0.717, 1.165) is 41.5 Å². The second kappa shape index (κ2) is 6.96. The van der Waals surface area contributed by atoms with Gasteiger partial charge in [0.2, 0.25) is 5.91 Å². The van der Waals surface area contributed by atoms with Crippen LogP contribution in [0.4, 0.5) is 5.00 Å². The van der Waals surface area contributed by atoms with Crippen LogP contribution >= 0.6 is 23.1 Å². The highest BCUT2D eigenvalue weighted by Crippen LogP contribution is 2.38. The predicted octanol–water partition coefficient (Wildman–Crippen LogP) is 2.71. The van der Waals surface area contributed by atoms with Gasteiger partial charge in [0.25, 0.3) is 17.0 Å². The highest BCUT2D eigenvalue weighted by Gasteiger charge is 2.26. The smallest absolute Gasteiger partial charge is 0.284 e. The van der Waals surface area contributed by atoms with Crippen LogP contribution < -0.4 is 11.1 Å². The third-order valence-electron chi connectivity index (χ3n) is 3.89. The number of hydrogen-bond donors (Lipinski definition) is 2. The number of nitrogens with one attached hydrogen (secondary N) is 1. The van der Waals surface area contributed by atoms with Crippen molar-refractivity contribution < 1.29 is 18.4 Å². The molecule has 0 radical (unpaired) electrons. The van der Waals surface area contributed by atoms with Crippen LogP contribution in [0.3, 0.4) is 0 Å². The molecule has 4 rings (SSSR count). The third-order valence-corrected chi connectivity index (χ3v) is 5.91. The summed E-state index contributed by atoms with van der Waals surface area (Å²) in [6.45, 7) is 0. The lowest BCUT2D eigenvalue weighted by atomic mass is 10.1. The number of nitrogens with two attached hydrogens (primary N) is 1. The molecule has 0 aromatic carbocycles. The molecule has 3 aromatic heterocycles. The van der Waals surface area contributed by atoms with E-state index in [2.05, 4.69) is 15.5 Å². The van der Waals surface area contributed by atoms with Gasteiger partial charge in [-0.15, -0.1) is 21.5 Å². The Hall–Kier alpha value is -2.59. The quantitative estimate of drug-likeness (QED) is 0.620. The zero-order valence-electron chi connectivity index (χ0n) is 13.5. The van der Waals surface area contributed by atoms with E-state index in [1.165, 1.54) is 17.6 Å². The minimum atomic E-state index is -0.507. The predicted molar refractivity (Wildman–Crippen MR) is 96.2 cm³/mol. The molecule has 3 N–H and O–H groups in total. The zero-order valence-corrected chi connectivity index (χ0v) is 15.1. The van der Waals surface area contributed by atoms with Crippen molar-refractivity contribution in [2.24, 2.45) is 5.73 Å². The maximum atomic E-state index is 12.2. The van der Waals surface area contributed by atoms with Crippen LogP contribution in [0.15, 0.2) is 32.5 Å². The molecule has 2 amide bonds. The van der Waals surface area contributed by atoms with Gasteiger partial charge < -0.3 is 19.9 Å². The van der Waals surface area contributed by atoms with E-state index in [9.17, 15) is 9.59 Å². The lowest BCUT2D eigenvalue weighted by Gasteiger charge is -2.04. The van der Waals surface area contributed by atoms with E-state index in [4.69, 9.17) is 14.6 Å². The van der Waals surface area contributed by atoms with Gasteiger partial charge in [-0.3, -0.25) is 9.59 Å². The Morgan fingerprint density at radius 1 is 1.35 bits per heavy atom. The first-order valence-electron chi connectivity index (χ1n) is 7.86. The van der Waals surface area contributed by atoms with Crippen LogP contribution in [0.25, 0.3) is 11.7 Å². The van der Waals surface area contributed by atoms with Crippen LogP contribution in [-0.4, -0.2) is 27.8 Å². The van der Waals surface area contributed by atoms with Gasteiger partial charge in [0.05, 0.1) is 17.6 Å². The van der Waals surface area contributed by atoms with Gasteiger partial charge in [0, 0.05) is 4.88 Å². The van der Waals surface area contributed by atoms with Gasteiger partial charge >= 0.3 is 0 Å². The van der Waals surface area contributed by atoms with E-state index in [1.807, 2.05) is 0 Å². The number of primary amides is 1. The average Bonchev–Trinajstić information content (AvgIpc) is 3.35. The molecule has 3 aromatic rings. The zero-order chi connectivity index (χ0) is 18.1. The van der Waals surface area contributed by atoms with Crippen LogP contribution in [-0.2, 0) is 17.6 Å². The normalized spacial score (nSPS) is 12.9. The van der Waals surface area contributed by atoms with Crippen molar-refractivity contribution in [1.82, 2.24) is 10.2 Å². The maximum absolute atomic E-state index is 12.2. The van der Waals surface area contributed by atoms with Crippen molar-refractivity contribution in [3.8, 4) is 11.7 Å². The molecule has 134 valence electrons. The molecule has 26 heavy (non-hydrogen) atoms. The number of carbonyl (C=O) groups excluding carboxylic acids is 2. The summed E-state index contributed by atoms with van der Waals surface area (Å²) in [5.74, 6) is 0.0136. The summed E-state index contributed by atoms with van der Waals surface area (Å²) < 4.78 is 10.6. The van der Waals surface area contributed by atoms with E-state index in [1.54, 1.807) is 12.1 Å². The molecule has 0 spiro atoms. The van der Waals surface area contributed by atoms with Crippen molar-refractivity contribution in [2.75, 3.05) is 11.1 Å². The van der Waals surface area contributed by atoms with Crippen molar-refractivity contribution >= 4 is 39.9 Å². The highest BCUT2D eigenvalue weighted by atomic mass is 32.2. The topological polar surface area (TPSA) is 124 Å². The fourth-order valence-electron chi connectivity index (χ4n) is 2.81. The molecule has 0 aliphatic heterocycles. The number of carbonyl (C=O) groups is 2. The minimum Gasteiger partial charge on any atom is -0.459 e. The van der Waals surface area contributed by atoms with Gasteiger partial charge in [0.1, 0.15) is 5.00 Å². The number of fused-ring (bicyclic) bond motifs is 1. The van der Waals surface area contributed by atoms with Crippen LogP contribution in [0.5, 0.6) is 0 Å². The number of aryl methyl sites for hydroxylation is 1. The first-order chi connectivity index (χ1) is 12.6. The Kier molecular flexibility index (Phi) is 4.51. The Morgan fingerprint density at radius 2 is 2.23 bits per heavy atom. The van der Waals surface area contributed by atoms with Crippen LogP contribution in [0.2, 0.25) is 0 Å². The summed E-state index contributed by atoms with van der Waals surface area (Å²) in [6.07, 6.45) is 4.27. The molecule has 1 aliphatic rings. The van der Waals surface area contributed by atoms with Gasteiger partial charge in [-0.05, 0) is 37.0 Å². The Morgan fingerprint density at radius 3 is 3.00 bits per heavy atom. The number of anilines is 1. The number of rotatable bonds is 6. The summed E-state index contributed by atoms with van der Waals surface area (Å²) in [4.78, 5) is 25.1. The van der Waals surface area contributed by atoms with E-state index < -0.39 is 5.91 Å². The number of aromatic nitrogens is 2. The fraction of sp³-hybridized carbons (Fsp3) is 0.250. The molecule has 0 atom stereocenters. The number of nitrogens with zero attached hydrogens (tertiary/aromatic N) is 2. The largest absolute Gasteiger partial charge is 0.459 e. The lowest BCUT2D eigenvalue weighted by Crippen LogP contribution is -2.18. The summed E-state index contributed by atoms with van der Waals surface area (Å²) in [5.41, 5.74) is 6.91. The standard InChI is InChI=1S/C16H14N4O4S2/c17-13(22)12-8-3-1-5-10(8)26-15(12)18-11(21)7-25-16-20-19-14(24-16)9-4-2-6-23-9/h2,4,6H,1,3,5,7H2,(H2,17,22)(H,18,21). The van der Waals surface area contributed by atoms with Gasteiger partial charge in [-0.25, -0.2) is 0 Å². The van der Waals surface area contributed by atoms with Crippen LogP contribution in [0, 0.1) is 0 Å². The fourth-order valence-corrected chi connectivity index (χ4v) is 4.68. The lowest BCUT2D eigenvalue weighted by molar-refractivity contribution is -0.113. The minimum absolute atomic E-state index is 0.0700. The summed E-state index contributed by atoms with van der Waals surface area (Å²) in [7, 11) is 0. The number of thioether (sulfide) groups is 1. The van der Waals surface area contributed by atoms with Crippen molar-refractivity contribution in [3.05, 3.63) is 34.4 Å². The monoisotopic (exact) mass is 390 g/mol. The molecule has 0 saturated heterocycles. The second-order valence-corrected chi connectivity index (χ2v) is 7.64. The summed E-state index contributed by atoms with van der Waals surface area (Å²) in [6, 6.07) is 3.42. The Balaban J connectivity index is 1.40. The van der Waals surface area contributed by atoms with Gasteiger partial charge in [-0.1, -0.05) is 11.8 Å². The second-order valence-electron chi connectivity index (χ2n) is 5.61. The summed E-state index contributed by atoms with van der Waals surface area (Å²) in [5, 5.41) is 11.3. The van der Waals surface area contributed by atoms with E-state index >= 15 is 0 Å². The maximum Gasteiger partial charge on any atom is 0.284 e. The molecule has 0 unspecified atom stereocenters. The Labute approximate surface area is 156 Å². The Bertz CT molecular complexity index is 961. The summed E-state index contributed by atoms with van der Waals surface area (Å²) >= 11 is 2.53. The molecule has 0 saturated carbocycles. The van der Waals surface area contributed by atoms with Crippen molar-refractivity contribution in [1.29, 1.82) is 0 Å². The van der Waals surface area contributed by atoms with Crippen molar-refractivity contribution in [2.45, 2.75) is 24.5 Å². The first kappa shape index (κ1) is 16.9. The number of amides is 2. The SMILES string of the molecule is NC(=O)c1c(NC(=O)CSc2nnc(-c3ccco3)o2)sc2c1CCC2. The molecule has 0 fully saturated rings. The molecule has 3 heterocycles. The number of thiophene rings is 1. The molecule has 0 bridgehead atoms. The molecule has 8 nitrogen and oxygen atoms in total. The van der Waals surface area contributed by atoms with Crippen molar-refractivity contribution in [3.63, 3.8) is 0 Å². The first-order valence-corrected chi connectivity index (χ1v) is 9.66. The van der Waals surface area contributed by atoms with Gasteiger partial charge in [-0.2, -0.15) is 0 Å². The number of hydrogen-bond acceptors (Lipinski definition) is 8. The van der Waals surface area contributed by atoms with E-state index in [0.29, 0.717) is 16.3 Å². The third kappa shape index (κ3) is 3.25. The molecule has 1 aliphatic carbocycles. The number of furan rings is 1. The average molecular weight is 390 g/mol. The highest BCUT2D eigenvalue weighted by molar-refractivity contribution is 7.99. The van der Waals surface area contributed by atoms with E-state index in [-0.39, 0.29) is 22.8 Å².